The molecule has 2 fully saturated rings. The minimum Gasteiger partial charge on any atom is -0.381 e. The number of sulfonamides is 1. The second-order valence-electron chi connectivity index (χ2n) is 6.83. The van der Waals surface area contributed by atoms with Crippen LogP contribution in [-0.2, 0) is 21.3 Å². The lowest BCUT2D eigenvalue weighted by molar-refractivity contribution is 0.161. The van der Waals surface area contributed by atoms with E-state index in [4.69, 9.17) is 4.74 Å². The van der Waals surface area contributed by atoms with Crippen LogP contribution in [0.1, 0.15) is 24.8 Å². The van der Waals surface area contributed by atoms with E-state index in [9.17, 15) is 8.42 Å². The molecule has 0 radical (unpaired) electrons. The van der Waals surface area contributed by atoms with E-state index < -0.39 is 10.0 Å². The summed E-state index contributed by atoms with van der Waals surface area (Å²) in [5, 5.41) is 0. The summed E-state index contributed by atoms with van der Waals surface area (Å²) in [5.74, 6) is 0.615. The largest absolute Gasteiger partial charge is 0.381 e. The van der Waals surface area contributed by atoms with Gasteiger partial charge in [0.15, 0.2) is 0 Å². The highest BCUT2D eigenvalue weighted by molar-refractivity contribution is 7.89. The van der Waals surface area contributed by atoms with E-state index in [-0.39, 0.29) is 0 Å². The van der Waals surface area contributed by atoms with E-state index in [1.807, 2.05) is 18.2 Å². The molecule has 0 amide bonds. The molecule has 0 bridgehead atoms. The molecule has 23 heavy (non-hydrogen) atoms. The molecule has 0 aromatic heterocycles. The van der Waals surface area contributed by atoms with Gasteiger partial charge in [-0.1, -0.05) is 12.1 Å². The molecule has 1 aromatic carbocycles. The van der Waals surface area contributed by atoms with Gasteiger partial charge in [0.1, 0.15) is 0 Å². The van der Waals surface area contributed by atoms with Crippen molar-refractivity contribution in [2.75, 3.05) is 33.9 Å². The van der Waals surface area contributed by atoms with E-state index in [0.29, 0.717) is 16.9 Å². The summed E-state index contributed by atoms with van der Waals surface area (Å²) in [4.78, 5) is 2.88. The van der Waals surface area contributed by atoms with Crippen LogP contribution in [0.25, 0.3) is 0 Å². The molecule has 0 spiro atoms. The third-order valence-electron chi connectivity index (χ3n) is 4.64. The fourth-order valence-corrected chi connectivity index (χ4v) is 4.06. The standard InChI is InChI=1S/C17H26N2O3S/c1-18(2)23(20,21)17-5-3-4-14(10-17)11-19(16-6-7-16)12-15-8-9-22-13-15/h3-5,10,15-16H,6-9,11-13H2,1-2H3/t15-/m0/s1. The van der Waals surface area contributed by atoms with Gasteiger partial charge in [-0.15, -0.1) is 0 Å². The van der Waals surface area contributed by atoms with Crippen LogP contribution in [-0.4, -0.2) is 57.5 Å². The van der Waals surface area contributed by atoms with Gasteiger partial charge in [-0.05, 0) is 42.9 Å². The van der Waals surface area contributed by atoms with Gasteiger partial charge < -0.3 is 4.74 Å². The van der Waals surface area contributed by atoms with Crippen molar-refractivity contribution in [3.63, 3.8) is 0 Å². The van der Waals surface area contributed by atoms with Crippen LogP contribution in [0.5, 0.6) is 0 Å². The van der Waals surface area contributed by atoms with Crippen molar-refractivity contribution in [2.45, 2.75) is 36.7 Å². The Morgan fingerprint density at radius 3 is 2.61 bits per heavy atom. The quantitative estimate of drug-likeness (QED) is 0.762. The molecule has 1 aromatic rings. The normalized spacial score (nSPS) is 22.2. The van der Waals surface area contributed by atoms with E-state index >= 15 is 0 Å². The maximum atomic E-state index is 12.3. The molecule has 6 heteroatoms. The van der Waals surface area contributed by atoms with Crippen LogP contribution in [0.4, 0.5) is 0 Å². The summed E-state index contributed by atoms with van der Waals surface area (Å²) in [6.07, 6.45) is 3.64. The first kappa shape index (κ1) is 16.9. The van der Waals surface area contributed by atoms with Gasteiger partial charge in [-0.25, -0.2) is 12.7 Å². The van der Waals surface area contributed by atoms with Crippen molar-refractivity contribution in [3.05, 3.63) is 29.8 Å². The molecule has 1 atom stereocenters. The molecule has 2 aliphatic rings. The van der Waals surface area contributed by atoms with Crippen LogP contribution < -0.4 is 0 Å². The van der Waals surface area contributed by atoms with Gasteiger partial charge >= 0.3 is 0 Å². The summed E-state index contributed by atoms with van der Waals surface area (Å²) in [5.41, 5.74) is 1.07. The van der Waals surface area contributed by atoms with E-state index in [1.165, 1.54) is 17.1 Å². The Kier molecular flexibility index (Phi) is 5.06. The first-order valence-corrected chi connectivity index (χ1v) is 9.74. The summed E-state index contributed by atoms with van der Waals surface area (Å²) in [7, 11) is -0.231. The Balaban J connectivity index is 1.73. The molecule has 0 unspecified atom stereocenters. The molecule has 1 aliphatic carbocycles. The number of hydrogen-bond donors (Lipinski definition) is 0. The van der Waals surface area contributed by atoms with Gasteiger partial charge in [-0.2, -0.15) is 0 Å². The Bertz CT molecular complexity index is 635. The van der Waals surface area contributed by atoms with Crippen molar-refractivity contribution in [2.24, 2.45) is 5.92 Å². The summed E-state index contributed by atoms with van der Waals surface area (Å²) < 4.78 is 31.3. The lowest BCUT2D eigenvalue weighted by Gasteiger charge is -2.25. The highest BCUT2D eigenvalue weighted by Crippen LogP contribution is 2.30. The summed E-state index contributed by atoms with van der Waals surface area (Å²) in [6, 6.07) is 8.01. The molecule has 1 heterocycles. The summed E-state index contributed by atoms with van der Waals surface area (Å²) >= 11 is 0. The number of hydrogen-bond acceptors (Lipinski definition) is 4. The fraction of sp³-hybridized carbons (Fsp3) is 0.647. The van der Waals surface area contributed by atoms with Crippen LogP contribution in [0.3, 0.4) is 0 Å². The number of benzene rings is 1. The second kappa shape index (κ2) is 6.89. The predicted molar refractivity (Wildman–Crippen MR) is 89.7 cm³/mol. The number of ether oxygens (including phenoxy) is 1. The highest BCUT2D eigenvalue weighted by atomic mass is 32.2. The zero-order valence-corrected chi connectivity index (χ0v) is 14.8. The number of rotatable bonds is 7. The lowest BCUT2D eigenvalue weighted by atomic mass is 10.1. The van der Waals surface area contributed by atoms with E-state index in [1.54, 1.807) is 20.2 Å². The minimum atomic E-state index is -3.37. The maximum absolute atomic E-state index is 12.3. The first-order chi connectivity index (χ1) is 11.0. The zero-order valence-electron chi connectivity index (χ0n) is 13.9. The van der Waals surface area contributed by atoms with Crippen LogP contribution in [0.15, 0.2) is 29.2 Å². The Labute approximate surface area is 139 Å². The Morgan fingerprint density at radius 1 is 1.22 bits per heavy atom. The second-order valence-corrected chi connectivity index (χ2v) is 8.98. The van der Waals surface area contributed by atoms with E-state index in [2.05, 4.69) is 4.90 Å². The molecule has 5 nitrogen and oxygen atoms in total. The maximum Gasteiger partial charge on any atom is 0.242 e. The molecule has 3 rings (SSSR count). The summed E-state index contributed by atoms with van der Waals surface area (Å²) in [6.45, 7) is 3.60. The molecular formula is C17H26N2O3S. The third-order valence-corrected chi connectivity index (χ3v) is 6.45. The number of nitrogens with zero attached hydrogens (tertiary/aromatic N) is 2. The fourth-order valence-electron chi connectivity index (χ4n) is 3.09. The van der Waals surface area contributed by atoms with Crippen molar-refractivity contribution < 1.29 is 13.2 Å². The molecule has 1 aliphatic heterocycles. The minimum absolute atomic E-state index is 0.375. The van der Waals surface area contributed by atoms with Crippen molar-refractivity contribution >= 4 is 10.0 Å². The average Bonchev–Trinajstić information content (AvgIpc) is 3.25. The monoisotopic (exact) mass is 338 g/mol. The first-order valence-electron chi connectivity index (χ1n) is 8.30. The Morgan fingerprint density at radius 2 is 2.00 bits per heavy atom. The molecule has 1 saturated carbocycles. The van der Waals surface area contributed by atoms with Gasteiger partial charge in [-0.3, -0.25) is 4.90 Å². The molecule has 0 N–H and O–H groups in total. The van der Waals surface area contributed by atoms with Gasteiger partial charge in [0.05, 0.1) is 11.5 Å². The van der Waals surface area contributed by atoms with Crippen LogP contribution in [0.2, 0.25) is 0 Å². The van der Waals surface area contributed by atoms with Gasteiger partial charge in [0.2, 0.25) is 10.0 Å². The SMILES string of the molecule is CN(C)S(=O)(=O)c1cccc(CN(C[C@@H]2CCOC2)C2CC2)c1. The van der Waals surface area contributed by atoms with Crippen LogP contribution >= 0.6 is 0 Å². The van der Waals surface area contributed by atoms with Gasteiger partial charge in [0.25, 0.3) is 0 Å². The molecule has 1 saturated heterocycles. The van der Waals surface area contributed by atoms with Crippen molar-refractivity contribution in [1.82, 2.24) is 9.21 Å². The average molecular weight is 338 g/mol. The molecular weight excluding hydrogens is 312 g/mol. The van der Waals surface area contributed by atoms with E-state index in [0.717, 1.165) is 38.3 Å². The molecule has 128 valence electrons. The van der Waals surface area contributed by atoms with Gasteiger partial charge in [0, 0.05) is 39.8 Å². The van der Waals surface area contributed by atoms with Crippen molar-refractivity contribution in [1.29, 1.82) is 0 Å². The highest BCUT2D eigenvalue weighted by Gasteiger charge is 2.31. The smallest absolute Gasteiger partial charge is 0.242 e. The Hall–Kier alpha value is -0.950. The lowest BCUT2D eigenvalue weighted by Crippen LogP contribution is -2.31. The van der Waals surface area contributed by atoms with Crippen molar-refractivity contribution in [3.8, 4) is 0 Å². The topological polar surface area (TPSA) is 49.9 Å². The predicted octanol–water partition coefficient (Wildman–Crippen LogP) is 1.94. The third kappa shape index (κ3) is 4.12. The van der Waals surface area contributed by atoms with Crippen LogP contribution in [0, 0.1) is 5.92 Å². The zero-order chi connectivity index (χ0) is 16.4.